The number of nitrogens with zero attached hydrogens (tertiary/aromatic N) is 3. The van der Waals surface area contributed by atoms with Crippen LogP contribution in [-0.2, 0) is 12.0 Å². The molecule has 1 aliphatic heterocycles. The van der Waals surface area contributed by atoms with Gasteiger partial charge in [0.05, 0.1) is 11.4 Å². The Morgan fingerprint density at radius 1 is 1.09 bits per heavy atom. The molecule has 0 saturated carbocycles. The summed E-state index contributed by atoms with van der Waals surface area (Å²) in [6.45, 7) is 6.57. The minimum Gasteiger partial charge on any atom is -0.454 e. The number of halogens is 1. The van der Waals surface area contributed by atoms with Crippen LogP contribution in [0.3, 0.4) is 0 Å². The first-order chi connectivity index (χ1) is 15.8. The molecule has 7 nitrogen and oxygen atoms in total. The molecule has 33 heavy (non-hydrogen) atoms. The van der Waals surface area contributed by atoms with Crippen LogP contribution in [0.25, 0.3) is 16.9 Å². The number of amides is 1. The van der Waals surface area contributed by atoms with E-state index >= 15 is 0 Å². The van der Waals surface area contributed by atoms with Crippen LogP contribution in [0.5, 0.6) is 11.5 Å². The Balaban J connectivity index is 1.52. The Bertz CT molecular complexity index is 1370. The van der Waals surface area contributed by atoms with Crippen molar-refractivity contribution in [3.8, 4) is 22.8 Å². The van der Waals surface area contributed by atoms with E-state index in [1.54, 1.807) is 24.3 Å². The molecule has 2 aromatic heterocycles. The van der Waals surface area contributed by atoms with Gasteiger partial charge in [0.1, 0.15) is 11.5 Å². The van der Waals surface area contributed by atoms with Gasteiger partial charge in [-0.05, 0) is 35.9 Å². The first-order valence-corrected chi connectivity index (χ1v) is 10.6. The van der Waals surface area contributed by atoms with Gasteiger partial charge in [-0.15, -0.1) is 0 Å². The molecule has 1 aliphatic rings. The van der Waals surface area contributed by atoms with E-state index in [1.165, 1.54) is 10.6 Å². The summed E-state index contributed by atoms with van der Waals surface area (Å²) in [6.07, 6.45) is 0. The summed E-state index contributed by atoms with van der Waals surface area (Å²) in [6, 6.07) is 15.3. The number of hydrogen-bond donors (Lipinski definition) is 1. The Morgan fingerprint density at radius 3 is 2.67 bits per heavy atom. The highest BCUT2D eigenvalue weighted by Gasteiger charge is 2.23. The van der Waals surface area contributed by atoms with Gasteiger partial charge in [0.15, 0.2) is 17.1 Å². The lowest BCUT2D eigenvalue weighted by Gasteiger charge is -2.13. The fourth-order valence-electron chi connectivity index (χ4n) is 3.63. The summed E-state index contributed by atoms with van der Waals surface area (Å²) in [4.78, 5) is 17.8. The van der Waals surface area contributed by atoms with Crippen molar-refractivity contribution >= 4 is 11.6 Å². The molecule has 0 aliphatic carbocycles. The number of ether oxygens (including phenoxy) is 2. The van der Waals surface area contributed by atoms with Crippen molar-refractivity contribution < 1.29 is 18.7 Å². The molecule has 0 saturated heterocycles. The Morgan fingerprint density at radius 2 is 1.88 bits per heavy atom. The molecule has 3 heterocycles. The van der Waals surface area contributed by atoms with Crippen LogP contribution in [0.4, 0.5) is 4.39 Å². The average Bonchev–Trinajstić information content (AvgIpc) is 3.43. The zero-order valence-corrected chi connectivity index (χ0v) is 18.6. The molecule has 0 spiro atoms. The van der Waals surface area contributed by atoms with Crippen molar-refractivity contribution in [3.05, 3.63) is 77.4 Å². The molecule has 0 atom stereocenters. The average molecular weight is 446 g/mol. The van der Waals surface area contributed by atoms with E-state index in [9.17, 15) is 9.18 Å². The molecule has 1 amide bonds. The molecular weight excluding hydrogens is 423 g/mol. The highest BCUT2D eigenvalue weighted by molar-refractivity contribution is 5.94. The summed E-state index contributed by atoms with van der Waals surface area (Å²) in [7, 11) is 0. The molecular formula is C25H23FN4O3. The second kappa shape index (κ2) is 7.88. The fourth-order valence-corrected chi connectivity index (χ4v) is 3.63. The van der Waals surface area contributed by atoms with Crippen LogP contribution in [0, 0.1) is 5.82 Å². The topological polar surface area (TPSA) is 77.8 Å². The SMILES string of the molecule is CC(C)(C)c1cc2nc(-c3ccccc3F)cc(C(=O)NCc3ccc4c(c3)OCO4)n2n1. The third kappa shape index (κ3) is 4.00. The van der Waals surface area contributed by atoms with Crippen molar-refractivity contribution in [2.24, 2.45) is 0 Å². The van der Waals surface area contributed by atoms with Gasteiger partial charge < -0.3 is 14.8 Å². The van der Waals surface area contributed by atoms with Crippen LogP contribution in [0.2, 0.25) is 0 Å². The monoisotopic (exact) mass is 446 g/mol. The number of hydrogen-bond acceptors (Lipinski definition) is 5. The van der Waals surface area contributed by atoms with Crippen LogP contribution < -0.4 is 14.8 Å². The lowest BCUT2D eigenvalue weighted by atomic mass is 9.93. The lowest BCUT2D eigenvalue weighted by molar-refractivity contribution is 0.0943. The number of carbonyl (C=O) groups is 1. The van der Waals surface area contributed by atoms with Crippen molar-refractivity contribution in [3.63, 3.8) is 0 Å². The quantitative estimate of drug-likeness (QED) is 0.500. The maximum absolute atomic E-state index is 14.5. The molecule has 8 heteroatoms. The second-order valence-corrected chi connectivity index (χ2v) is 8.93. The first-order valence-electron chi connectivity index (χ1n) is 10.6. The molecule has 0 radical (unpaired) electrons. The maximum atomic E-state index is 14.5. The van der Waals surface area contributed by atoms with Crippen molar-refractivity contribution in [1.82, 2.24) is 19.9 Å². The van der Waals surface area contributed by atoms with Crippen LogP contribution in [0.1, 0.15) is 42.5 Å². The second-order valence-electron chi connectivity index (χ2n) is 8.93. The molecule has 168 valence electrons. The van der Waals surface area contributed by atoms with E-state index in [0.717, 1.165) is 11.3 Å². The highest BCUT2D eigenvalue weighted by atomic mass is 19.1. The number of fused-ring (bicyclic) bond motifs is 2. The summed E-state index contributed by atoms with van der Waals surface area (Å²) in [5.74, 6) is 0.580. The zero-order chi connectivity index (χ0) is 23.2. The predicted molar refractivity (Wildman–Crippen MR) is 121 cm³/mol. The molecule has 0 fully saturated rings. The predicted octanol–water partition coefficient (Wildman–Crippen LogP) is 4.49. The third-order valence-electron chi connectivity index (χ3n) is 5.47. The van der Waals surface area contributed by atoms with E-state index < -0.39 is 5.82 Å². The largest absolute Gasteiger partial charge is 0.454 e. The van der Waals surface area contributed by atoms with Gasteiger partial charge >= 0.3 is 0 Å². The van der Waals surface area contributed by atoms with Crippen LogP contribution in [-0.4, -0.2) is 27.3 Å². The van der Waals surface area contributed by atoms with E-state index in [-0.39, 0.29) is 30.4 Å². The van der Waals surface area contributed by atoms with E-state index in [1.807, 2.05) is 45.0 Å². The van der Waals surface area contributed by atoms with E-state index in [2.05, 4.69) is 15.4 Å². The van der Waals surface area contributed by atoms with Crippen LogP contribution >= 0.6 is 0 Å². The van der Waals surface area contributed by atoms with Gasteiger partial charge in [0.2, 0.25) is 6.79 Å². The summed E-state index contributed by atoms with van der Waals surface area (Å²) >= 11 is 0. The summed E-state index contributed by atoms with van der Waals surface area (Å²) in [5.41, 5.74) is 2.85. The number of aromatic nitrogens is 3. The summed E-state index contributed by atoms with van der Waals surface area (Å²) < 4.78 is 26.7. The normalized spacial score (nSPS) is 12.8. The number of nitrogens with one attached hydrogen (secondary N) is 1. The first kappa shape index (κ1) is 20.9. The standard InChI is InChI=1S/C25H23FN4O3/c1-25(2,3)22-12-23-28-18(16-6-4-5-7-17(16)26)11-19(30(23)29-22)24(31)27-13-15-8-9-20-21(10-15)33-14-32-20/h4-12H,13-14H2,1-3H3,(H,27,31). The molecule has 5 rings (SSSR count). The van der Waals surface area contributed by atoms with Gasteiger partial charge in [-0.3, -0.25) is 4.79 Å². The minimum atomic E-state index is -0.406. The number of rotatable bonds is 4. The number of carbonyl (C=O) groups excluding carboxylic acids is 1. The van der Waals surface area contributed by atoms with Crippen molar-refractivity contribution in [1.29, 1.82) is 0 Å². The summed E-state index contributed by atoms with van der Waals surface area (Å²) in [5, 5.41) is 7.55. The van der Waals surface area contributed by atoms with E-state index in [0.29, 0.717) is 28.4 Å². The van der Waals surface area contributed by atoms with Gasteiger partial charge in [0.25, 0.3) is 5.91 Å². The van der Waals surface area contributed by atoms with Gasteiger partial charge in [-0.2, -0.15) is 5.10 Å². The van der Waals surface area contributed by atoms with Gasteiger partial charge in [-0.25, -0.2) is 13.9 Å². The van der Waals surface area contributed by atoms with Gasteiger partial charge in [0, 0.05) is 23.6 Å². The Kier molecular flexibility index (Phi) is 5.00. The molecule has 2 aromatic carbocycles. The minimum absolute atomic E-state index is 0.189. The molecule has 4 aromatic rings. The highest BCUT2D eigenvalue weighted by Crippen LogP contribution is 2.32. The molecule has 0 bridgehead atoms. The zero-order valence-electron chi connectivity index (χ0n) is 18.6. The van der Waals surface area contributed by atoms with E-state index in [4.69, 9.17) is 9.47 Å². The smallest absolute Gasteiger partial charge is 0.270 e. The number of benzene rings is 2. The molecule has 1 N–H and O–H groups in total. The third-order valence-corrected chi connectivity index (χ3v) is 5.47. The Labute approximate surface area is 190 Å². The van der Waals surface area contributed by atoms with Crippen molar-refractivity contribution in [2.45, 2.75) is 32.7 Å². The lowest BCUT2D eigenvalue weighted by Crippen LogP contribution is -2.26. The fraction of sp³-hybridized carbons (Fsp3) is 0.240. The van der Waals surface area contributed by atoms with Crippen molar-refractivity contribution in [2.75, 3.05) is 6.79 Å². The van der Waals surface area contributed by atoms with Gasteiger partial charge in [-0.1, -0.05) is 39.0 Å². The maximum Gasteiger partial charge on any atom is 0.270 e. The molecule has 0 unspecified atom stereocenters. The Hall–Kier alpha value is -3.94. The van der Waals surface area contributed by atoms with Crippen LogP contribution in [0.15, 0.2) is 54.6 Å².